The highest BCUT2D eigenvalue weighted by Crippen LogP contribution is 2.20. The van der Waals surface area contributed by atoms with Gasteiger partial charge in [-0.25, -0.2) is 0 Å². The fraction of sp³-hybridized carbons (Fsp3) is 0.412. The fourth-order valence-corrected chi connectivity index (χ4v) is 3.04. The maximum atomic E-state index is 12.3. The number of para-hydroxylation sites is 1. The van der Waals surface area contributed by atoms with Gasteiger partial charge in [0.2, 0.25) is 11.8 Å². The molecule has 0 radical (unpaired) electrons. The molecule has 5 N–H and O–H groups in total. The van der Waals surface area contributed by atoms with Gasteiger partial charge in [-0.05, 0) is 37.4 Å². The van der Waals surface area contributed by atoms with Gasteiger partial charge in [0.1, 0.15) is 12.1 Å². The Morgan fingerprint density at radius 3 is 2.57 bits per heavy atom. The van der Waals surface area contributed by atoms with E-state index in [1.54, 1.807) is 0 Å². The molecular weight excluding hydrogens is 292 g/mol. The van der Waals surface area contributed by atoms with E-state index in [0.29, 0.717) is 19.4 Å². The molecule has 0 aliphatic carbocycles. The largest absolute Gasteiger partial charge is 0.361 e. The predicted octanol–water partition coefficient (Wildman–Crippen LogP) is 0.823. The molecule has 2 atom stereocenters. The molecule has 2 amide bonds. The van der Waals surface area contributed by atoms with Crippen LogP contribution in [0.5, 0.6) is 0 Å². The molecule has 0 unspecified atom stereocenters. The first kappa shape index (κ1) is 15.6. The standard InChI is InChI=1S/C17H22N4O2/c18-8-4-3-7-14-16(22)21-15(17(23)20-14)9-11-10-19-13-6-2-1-5-12(11)13/h1-2,5-6,10,14-15,19H,3-4,7-9,18H2,(H,20,23)(H,21,22)/t14-,15+/m1/s1. The van der Waals surface area contributed by atoms with Crippen molar-refractivity contribution >= 4 is 22.7 Å². The van der Waals surface area contributed by atoms with Crippen molar-refractivity contribution in [2.45, 2.75) is 37.8 Å². The molecule has 6 nitrogen and oxygen atoms in total. The van der Waals surface area contributed by atoms with Gasteiger partial charge in [-0.3, -0.25) is 9.59 Å². The molecule has 2 heterocycles. The zero-order valence-corrected chi connectivity index (χ0v) is 13.0. The Balaban J connectivity index is 1.66. The number of amides is 2. The average Bonchev–Trinajstić information content (AvgIpc) is 2.95. The van der Waals surface area contributed by atoms with Crippen LogP contribution in [0.3, 0.4) is 0 Å². The van der Waals surface area contributed by atoms with E-state index in [1.807, 2.05) is 30.5 Å². The van der Waals surface area contributed by atoms with Gasteiger partial charge in [-0.2, -0.15) is 0 Å². The number of fused-ring (bicyclic) bond motifs is 1. The maximum absolute atomic E-state index is 12.3. The summed E-state index contributed by atoms with van der Waals surface area (Å²) in [4.78, 5) is 27.6. The van der Waals surface area contributed by atoms with Crippen LogP contribution in [0.1, 0.15) is 24.8 Å². The molecule has 1 fully saturated rings. The van der Waals surface area contributed by atoms with Crippen molar-refractivity contribution in [3.63, 3.8) is 0 Å². The molecule has 1 aliphatic heterocycles. The Kier molecular flexibility index (Phi) is 4.62. The molecule has 0 spiro atoms. The van der Waals surface area contributed by atoms with Crippen LogP contribution < -0.4 is 16.4 Å². The minimum absolute atomic E-state index is 0.105. The molecule has 2 aromatic rings. The van der Waals surface area contributed by atoms with Gasteiger partial charge in [0.25, 0.3) is 0 Å². The van der Waals surface area contributed by atoms with Crippen LogP contribution in [0.2, 0.25) is 0 Å². The summed E-state index contributed by atoms with van der Waals surface area (Å²) in [6.07, 6.45) is 4.71. The van der Waals surface area contributed by atoms with Crippen LogP contribution in [0.15, 0.2) is 30.5 Å². The lowest BCUT2D eigenvalue weighted by Crippen LogP contribution is -2.62. The normalized spacial score (nSPS) is 21.3. The summed E-state index contributed by atoms with van der Waals surface area (Å²) in [6.45, 7) is 0.603. The van der Waals surface area contributed by atoms with E-state index in [2.05, 4.69) is 15.6 Å². The van der Waals surface area contributed by atoms with Crippen molar-refractivity contribution in [3.05, 3.63) is 36.0 Å². The summed E-state index contributed by atoms with van der Waals surface area (Å²) < 4.78 is 0. The number of aromatic nitrogens is 1. The van der Waals surface area contributed by atoms with Crippen LogP contribution in [0.25, 0.3) is 10.9 Å². The van der Waals surface area contributed by atoms with Crippen molar-refractivity contribution < 1.29 is 9.59 Å². The summed E-state index contributed by atoms with van der Waals surface area (Å²) in [7, 11) is 0. The number of piperazine rings is 1. The number of hydrogen-bond acceptors (Lipinski definition) is 3. The van der Waals surface area contributed by atoms with Gasteiger partial charge in [0, 0.05) is 23.5 Å². The molecule has 122 valence electrons. The topological polar surface area (TPSA) is 100 Å². The molecule has 1 saturated heterocycles. The summed E-state index contributed by atoms with van der Waals surface area (Å²) >= 11 is 0. The highest BCUT2D eigenvalue weighted by Gasteiger charge is 2.33. The Hall–Kier alpha value is -2.34. The van der Waals surface area contributed by atoms with E-state index in [-0.39, 0.29) is 11.8 Å². The first-order valence-electron chi connectivity index (χ1n) is 8.05. The molecular formula is C17H22N4O2. The van der Waals surface area contributed by atoms with Crippen LogP contribution in [-0.4, -0.2) is 35.4 Å². The Bertz CT molecular complexity index is 709. The van der Waals surface area contributed by atoms with E-state index in [0.717, 1.165) is 29.3 Å². The van der Waals surface area contributed by atoms with Crippen molar-refractivity contribution in [1.82, 2.24) is 15.6 Å². The number of carbonyl (C=O) groups excluding carboxylic acids is 2. The molecule has 1 aromatic carbocycles. The highest BCUT2D eigenvalue weighted by atomic mass is 16.2. The summed E-state index contributed by atoms with van der Waals surface area (Å²) in [5, 5.41) is 6.77. The minimum Gasteiger partial charge on any atom is -0.361 e. The molecule has 0 bridgehead atoms. The van der Waals surface area contributed by atoms with E-state index in [1.165, 1.54) is 0 Å². The summed E-state index contributed by atoms with van der Waals surface area (Å²) in [6, 6.07) is 6.97. The number of benzene rings is 1. The number of unbranched alkanes of at least 4 members (excludes halogenated alkanes) is 1. The van der Waals surface area contributed by atoms with Crippen molar-refractivity contribution in [1.29, 1.82) is 0 Å². The fourth-order valence-electron chi connectivity index (χ4n) is 3.04. The second-order valence-electron chi connectivity index (χ2n) is 5.97. The Labute approximate surface area is 134 Å². The quantitative estimate of drug-likeness (QED) is 0.594. The molecule has 1 aromatic heterocycles. The van der Waals surface area contributed by atoms with Gasteiger partial charge in [0.05, 0.1) is 0 Å². The number of hydrogen-bond donors (Lipinski definition) is 4. The van der Waals surface area contributed by atoms with Gasteiger partial charge >= 0.3 is 0 Å². The van der Waals surface area contributed by atoms with Crippen LogP contribution in [0.4, 0.5) is 0 Å². The number of rotatable bonds is 6. The van der Waals surface area contributed by atoms with Gasteiger partial charge in [-0.1, -0.05) is 18.2 Å². The Morgan fingerprint density at radius 2 is 1.74 bits per heavy atom. The zero-order chi connectivity index (χ0) is 16.2. The molecule has 0 saturated carbocycles. The summed E-state index contributed by atoms with van der Waals surface area (Å²) in [5.41, 5.74) is 7.52. The number of aromatic amines is 1. The van der Waals surface area contributed by atoms with E-state index in [9.17, 15) is 9.59 Å². The lowest BCUT2D eigenvalue weighted by atomic mass is 9.99. The number of nitrogens with two attached hydrogens (primary N) is 1. The Morgan fingerprint density at radius 1 is 1.00 bits per heavy atom. The third kappa shape index (κ3) is 3.37. The summed E-state index contributed by atoms with van der Waals surface area (Å²) in [5.74, 6) is -0.223. The van der Waals surface area contributed by atoms with E-state index >= 15 is 0 Å². The molecule has 1 aliphatic rings. The lowest BCUT2D eigenvalue weighted by molar-refractivity contribution is -0.136. The van der Waals surface area contributed by atoms with Gasteiger partial charge in [-0.15, -0.1) is 0 Å². The van der Waals surface area contributed by atoms with Crippen molar-refractivity contribution in [2.24, 2.45) is 5.73 Å². The smallest absolute Gasteiger partial charge is 0.243 e. The van der Waals surface area contributed by atoms with E-state index < -0.39 is 12.1 Å². The third-order valence-electron chi connectivity index (χ3n) is 4.31. The van der Waals surface area contributed by atoms with Crippen molar-refractivity contribution in [2.75, 3.05) is 6.54 Å². The first-order chi connectivity index (χ1) is 11.2. The van der Waals surface area contributed by atoms with Crippen molar-refractivity contribution in [3.8, 4) is 0 Å². The minimum atomic E-state index is -0.521. The number of carbonyl (C=O) groups is 2. The van der Waals surface area contributed by atoms with Gasteiger partial charge < -0.3 is 21.4 Å². The van der Waals surface area contributed by atoms with Crippen LogP contribution in [0, 0.1) is 0 Å². The monoisotopic (exact) mass is 314 g/mol. The van der Waals surface area contributed by atoms with Crippen LogP contribution >= 0.6 is 0 Å². The van der Waals surface area contributed by atoms with E-state index in [4.69, 9.17) is 5.73 Å². The average molecular weight is 314 g/mol. The second kappa shape index (κ2) is 6.83. The lowest BCUT2D eigenvalue weighted by Gasteiger charge is -2.29. The zero-order valence-electron chi connectivity index (χ0n) is 13.0. The number of nitrogens with one attached hydrogen (secondary N) is 3. The van der Waals surface area contributed by atoms with Crippen LogP contribution in [-0.2, 0) is 16.0 Å². The highest BCUT2D eigenvalue weighted by molar-refractivity contribution is 5.97. The number of H-pyrrole nitrogens is 1. The van der Waals surface area contributed by atoms with Gasteiger partial charge in [0.15, 0.2) is 0 Å². The molecule has 3 rings (SSSR count). The second-order valence-corrected chi connectivity index (χ2v) is 5.97. The maximum Gasteiger partial charge on any atom is 0.243 e. The SMILES string of the molecule is NCCCC[C@H]1NC(=O)[C@H](Cc2c[nH]c3ccccc23)NC1=O. The predicted molar refractivity (Wildman–Crippen MR) is 88.8 cm³/mol. The third-order valence-corrected chi connectivity index (χ3v) is 4.31. The molecule has 23 heavy (non-hydrogen) atoms. The first-order valence-corrected chi connectivity index (χ1v) is 8.05. The molecule has 6 heteroatoms.